The van der Waals surface area contributed by atoms with E-state index in [1.54, 1.807) is 0 Å². The van der Waals surface area contributed by atoms with Crippen molar-refractivity contribution in [2.75, 3.05) is 0 Å². The molecule has 0 N–H and O–H groups in total. The van der Waals surface area contributed by atoms with E-state index in [1.165, 1.54) is 0 Å². The van der Waals surface area contributed by atoms with Crippen LogP contribution in [-0.4, -0.2) is 16.1 Å². The van der Waals surface area contributed by atoms with Crippen molar-refractivity contribution >= 4 is 22.4 Å². The third-order valence-corrected chi connectivity index (χ3v) is 3.39. The Morgan fingerprint density at radius 1 is 1.24 bits per heavy atom. The molecule has 3 rings (SSSR count). The number of esters is 1. The lowest BCUT2D eigenvalue weighted by Crippen LogP contribution is -2.24. The maximum atomic E-state index is 12.5. The molecular formula is C18H19NO2. The van der Waals surface area contributed by atoms with Gasteiger partial charge in [0.25, 0.3) is 0 Å². The predicted molar refractivity (Wildman–Crippen MR) is 84.9 cm³/mol. The zero-order chi connectivity index (χ0) is 15.0. The van der Waals surface area contributed by atoms with E-state index in [2.05, 4.69) is 22.8 Å². The first-order valence-electron chi connectivity index (χ1n) is 7.14. The zero-order valence-electron chi connectivity index (χ0n) is 12.6. The lowest BCUT2D eigenvalue weighted by Gasteiger charge is -2.20. The number of carbonyl (C=O) groups is 1. The minimum absolute atomic E-state index is 0.280. The molecule has 0 saturated carbocycles. The Morgan fingerprint density at radius 3 is 2.76 bits per heavy atom. The maximum absolute atomic E-state index is 12.5. The van der Waals surface area contributed by atoms with Crippen LogP contribution in [0.3, 0.4) is 0 Å². The molecule has 3 nitrogen and oxygen atoms in total. The van der Waals surface area contributed by atoms with Gasteiger partial charge in [0.15, 0.2) is 0 Å². The first-order chi connectivity index (χ1) is 9.96. The van der Waals surface area contributed by atoms with Gasteiger partial charge in [-0.2, -0.15) is 0 Å². The van der Waals surface area contributed by atoms with Gasteiger partial charge in [-0.1, -0.05) is 30.4 Å². The fourth-order valence-electron chi connectivity index (χ4n) is 2.55. The van der Waals surface area contributed by atoms with E-state index in [1.807, 2.05) is 51.1 Å². The van der Waals surface area contributed by atoms with Crippen molar-refractivity contribution in [1.29, 1.82) is 0 Å². The van der Waals surface area contributed by atoms with Crippen molar-refractivity contribution in [3.63, 3.8) is 0 Å². The highest BCUT2D eigenvalue weighted by atomic mass is 16.6. The zero-order valence-corrected chi connectivity index (χ0v) is 12.6. The van der Waals surface area contributed by atoms with Crippen LogP contribution in [0.4, 0.5) is 0 Å². The summed E-state index contributed by atoms with van der Waals surface area (Å²) in [7, 11) is 0. The minimum atomic E-state index is -0.495. The quantitative estimate of drug-likeness (QED) is 0.741. The molecule has 0 spiro atoms. The van der Waals surface area contributed by atoms with Crippen molar-refractivity contribution < 1.29 is 9.53 Å². The van der Waals surface area contributed by atoms with E-state index in [4.69, 9.17) is 4.74 Å². The van der Waals surface area contributed by atoms with Gasteiger partial charge in [0, 0.05) is 17.4 Å². The Labute approximate surface area is 124 Å². The SMILES string of the molecule is CC(C)(C)OC(=O)C1=CC=CCn2c1cc1ccccc12. The van der Waals surface area contributed by atoms with E-state index in [-0.39, 0.29) is 5.97 Å². The molecule has 2 aromatic rings. The summed E-state index contributed by atoms with van der Waals surface area (Å²) in [6, 6.07) is 10.2. The monoisotopic (exact) mass is 281 g/mol. The number of aromatic nitrogens is 1. The topological polar surface area (TPSA) is 31.2 Å². The summed E-state index contributed by atoms with van der Waals surface area (Å²) in [5.41, 5.74) is 2.16. The van der Waals surface area contributed by atoms with E-state index in [9.17, 15) is 4.79 Å². The van der Waals surface area contributed by atoms with E-state index in [0.29, 0.717) is 5.57 Å². The summed E-state index contributed by atoms with van der Waals surface area (Å²) in [6.07, 6.45) is 5.81. The van der Waals surface area contributed by atoms with Crippen LogP contribution in [0, 0.1) is 0 Å². The van der Waals surface area contributed by atoms with E-state index < -0.39 is 5.60 Å². The van der Waals surface area contributed by atoms with Crippen molar-refractivity contribution in [2.45, 2.75) is 32.9 Å². The molecule has 1 aliphatic heterocycles. The summed E-state index contributed by atoms with van der Waals surface area (Å²) >= 11 is 0. The minimum Gasteiger partial charge on any atom is -0.456 e. The number of benzene rings is 1. The Hall–Kier alpha value is -2.29. The van der Waals surface area contributed by atoms with Gasteiger partial charge in [-0.15, -0.1) is 0 Å². The lowest BCUT2D eigenvalue weighted by atomic mass is 10.1. The smallest absolute Gasteiger partial charge is 0.340 e. The molecule has 1 aromatic carbocycles. The van der Waals surface area contributed by atoms with Crippen LogP contribution in [0.25, 0.3) is 16.5 Å². The molecule has 0 aliphatic carbocycles. The van der Waals surface area contributed by atoms with Crippen LogP contribution in [0.5, 0.6) is 0 Å². The van der Waals surface area contributed by atoms with E-state index in [0.717, 1.165) is 23.1 Å². The second kappa shape index (κ2) is 4.92. The highest BCUT2D eigenvalue weighted by Gasteiger charge is 2.24. The highest BCUT2D eigenvalue weighted by molar-refractivity contribution is 6.17. The van der Waals surface area contributed by atoms with Crippen molar-refractivity contribution in [3.8, 4) is 0 Å². The van der Waals surface area contributed by atoms with Gasteiger partial charge in [-0.25, -0.2) is 4.79 Å². The molecule has 0 radical (unpaired) electrons. The molecule has 108 valence electrons. The molecule has 1 aromatic heterocycles. The first-order valence-corrected chi connectivity index (χ1v) is 7.14. The summed E-state index contributed by atoms with van der Waals surface area (Å²) in [5.74, 6) is -0.280. The summed E-state index contributed by atoms with van der Waals surface area (Å²) < 4.78 is 7.68. The standard InChI is InChI=1S/C18H19NO2/c1-18(2,3)21-17(20)14-9-6-7-11-19-15-10-5-4-8-13(15)12-16(14)19/h4-10,12H,11H2,1-3H3. The van der Waals surface area contributed by atoms with Crippen LogP contribution in [0.1, 0.15) is 26.5 Å². The summed E-state index contributed by atoms with van der Waals surface area (Å²) in [5, 5.41) is 1.14. The first kappa shape index (κ1) is 13.7. The average molecular weight is 281 g/mol. The molecular weight excluding hydrogens is 262 g/mol. The second-order valence-electron chi connectivity index (χ2n) is 6.21. The van der Waals surface area contributed by atoms with Crippen LogP contribution in [0.2, 0.25) is 0 Å². The molecule has 0 amide bonds. The summed E-state index contributed by atoms with van der Waals surface area (Å²) in [4.78, 5) is 12.5. The maximum Gasteiger partial charge on any atom is 0.340 e. The molecule has 21 heavy (non-hydrogen) atoms. The molecule has 0 unspecified atom stereocenters. The molecule has 0 fully saturated rings. The lowest BCUT2D eigenvalue weighted by molar-refractivity contribution is -0.147. The number of hydrogen-bond acceptors (Lipinski definition) is 2. The number of rotatable bonds is 1. The number of fused-ring (bicyclic) bond motifs is 3. The largest absolute Gasteiger partial charge is 0.456 e. The number of para-hydroxylation sites is 1. The molecule has 1 aliphatic rings. The Balaban J connectivity index is 2.10. The predicted octanol–water partition coefficient (Wildman–Crippen LogP) is 3.94. The fourth-order valence-corrected chi connectivity index (χ4v) is 2.55. The van der Waals surface area contributed by atoms with E-state index >= 15 is 0 Å². The summed E-state index contributed by atoms with van der Waals surface area (Å²) in [6.45, 7) is 6.40. The Kier molecular flexibility index (Phi) is 3.20. The number of ether oxygens (including phenoxy) is 1. The van der Waals surface area contributed by atoms with Gasteiger partial charge in [0.05, 0.1) is 11.3 Å². The van der Waals surface area contributed by atoms with Gasteiger partial charge in [0.2, 0.25) is 0 Å². The van der Waals surface area contributed by atoms with Crippen LogP contribution in [-0.2, 0) is 16.1 Å². The van der Waals surface area contributed by atoms with Gasteiger partial charge < -0.3 is 9.30 Å². The van der Waals surface area contributed by atoms with Crippen molar-refractivity contribution in [2.24, 2.45) is 0 Å². The molecule has 0 saturated heterocycles. The molecule has 3 heteroatoms. The molecule has 2 heterocycles. The second-order valence-corrected chi connectivity index (χ2v) is 6.21. The third kappa shape index (κ3) is 2.64. The average Bonchev–Trinajstić information content (AvgIpc) is 2.62. The molecule has 0 atom stereocenters. The Bertz CT molecular complexity index is 757. The molecule has 0 bridgehead atoms. The van der Waals surface area contributed by atoms with Gasteiger partial charge in [0.1, 0.15) is 5.60 Å². The van der Waals surface area contributed by atoms with Crippen LogP contribution in [0.15, 0.2) is 48.6 Å². The highest BCUT2D eigenvalue weighted by Crippen LogP contribution is 2.28. The van der Waals surface area contributed by atoms with Crippen LogP contribution < -0.4 is 0 Å². The number of carbonyl (C=O) groups excluding carboxylic acids is 1. The van der Waals surface area contributed by atoms with Gasteiger partial charge in [-0.05, 0) is 39.0 Å². The Morgan fingerprint density at radius 2 is 2.00 bits per heavy atom. The van der Waals surface area contributed by atoms with Crippen LogP contribution >= 0.6 is 0 Å². The van der Waals surface area contributed by atoms with Crippen molar-refractivity contribution in [3.05, 3.63) is 54.3 Å². The van der Waals surface area contributed by atoms with Gasteiger partial charge >= 0.3 is 5.97 Å². The number of allylic oxidation sites excluding steroid dienone is 3. The van der Waals surface area contributed by atoms with Gasteiger partial charge in [-0.3, -0.25) is 0 Å². The number of hydrogen-bond donors (Lipinski definition) is 0. The van der Waals surface area contributed by atoms with Crippen molar-refractivity contribution in [1.82, 2.24) is 4.57 Å². The number of nitrogens with zero attached hydrogens (tertiary/aromatic N) is 1. The third-order valence-electron chi connectivity index (χ3n) is 3.39. The normalized spacial score (nSPS) is 14.5. The fraction of sp³-hybridized carbons (Fsp3) is 0.278.